The Kier molecular flexibility index (Phi) is 3.42. The molecule has 0 radical (unpaired) electrons. The van der Waals surface area contributed by atoms with E-state index in [4.69, 9.17) is 9.47 Å². The fraction of sp³-hybridized carbons (Fsp3) is 0.778. The van der Waals surface area contributed by atoms with E-state index in [0.717, 1.165) is 18.1 Å². The first kappa shape index (κ1) is 10.2. The van der Waals surface area contributed by atoms with Crippen LogP contribution in [0, 0.1) is 5.92 Å². The van der Waals surface area contributed by atoms with E-state index in [2.05, 4.69) is 24.5 Å². The third-order valence-corrected chi connectivity index (χ3v) is 2.08. The summed E-state index contributed by atoms with van der Waals surface area (Å²) in [5.74, 6) is 1.23. The van der Waals surface area contributed by atoms with E-state index in [1.807, 2.05) is 0 Å². The van der Waals surface area contributed by atoms with Crippen LogP contribution in [0.5, 0.6) is 0 Å². The van der Waals surface area contributed by atoms with Crippen molar-refractivity contribution < 1.29 is 9.47 Å². The molecule has 0 amide bonds. The fourth-order valence-electron chi connectivity index (χ4n) is 1.32. The number of nitrogens with one attached hydrogen (secondary N) is 2. The normalized spacial score (nSPS) is 22.7. The highest BCUT2D eigenvalue weighted by Crippen LogP contribution is 2.14. The minimum atomic E-state index is 0.0382. The van der Waals surface area contributed by atoms with Gasteiger partial charge in [0, 0.05) is 7.11 Å². The molecule has 76 valence electrons. The largest absolute Gasteiger partial charge is 0.481 e. The van der Waals surface area contributed by atoms with Gasteiger partial charge in [0.15, 0.2) is 0 Å². The lowest BCUT2D eigenvalue weighted by atomic mass is 10.1. The van der Waals surface area contributed by atoms with Gasteiger partial charge in [-0.3, -0.25) is 0 Å². The van der Waals surface area contributed by atoms with Crippen molar-refractivity contribution in [2.45, 2.75) is 20.1 Å². The summed E-state index contributed by atoms with van der Waals surface area (Å²) in [5, 5.41) is 6.44. The molecule has 0 saturated carbocycles. The average molecular weight is 186 g/mol. The summed E-state index contributed by atoms with van der Waals surface area (Å²) in [5.41, 5.74) is 1.07. The Hall–Kier alpha value is -0.900. The number of ether oxygens (including phenoxy) is 2. The van der Waals surface area contributed by atoms with Gasteiger partial charge in [-0.1, -0.05) is 13.8 Å². The molecule has 0 spiro atoms. The van der Waals surface area contributed by atoms with Crippen LogP contribution in [0.15, 0.2) is 11.6 Å². The molecule has 0 saturated heterocycles. The second-order valence-corrected chi connectivity index (χ2v) is 3.35. The number of hydrogen-bond acceptors (Lipinski definition) is 4. The van der Waals surface area contributed by atoms with Gasteiger partial charge >= 0.3 is 0 Å². The summed E-state index contributed by atoms with van der Waals surface area (Å²) in [7, 11) is 3.36. The van der Waals surface area contributed by atoms with Crippen LogP contribution in [0.3, 0.4) is 0 Å². The van der Waals surface area contributed by atoms with Gasteiger partial charge in [0.25, 0.3) is 0 Å². The van der Waals surface area contributed by atoms with Crippen LogP contribution in [-0.2, 0) is 9.47 Å². The van der Waals surface area contributed by atoms with Crippen LogP contribution in [0.1, 0.15) is 13.8 Å². The zero-order valence-electron chi connectivity index (χ0n) is 8.68. The van der Waals surface area contributed by atoms with Crippen molar-refractivity contribution in [2.75, 3.05) is 20.8 Å². The Bertz CT molecular complexity index is 202. The van der Waals surface area contributed by atoms with Gasteiger partial charge in [0.1, 0.15) is 6.23 Å². The standard InChI is InChI=1S/C9H18N2O2/c1-6(2)8-9(13-4)10-5-7(11-8)12-3/h6-7,10-11H,5H2,1-4H3. The molecular weight excluding hydrogens is 168 g/mol. The van der Waals surface area contributed by atoms with E-state index in [1.165, 1.54) is 0 Å². The van der Waals surface area contributed by atoms with Crippen molar-refractivity contribution in [1.82, 2.24) is 10.6 Å². The molecule has 1 atom stereocenters. The topological polar surface area (TPSA) is 42.5 Å². The monoisotopic (exact) mass is 186 g/mol. The van der Waals surface area contributed by atoms with Gasteiger partial charge in [-0.15, -0.1) is 0 Å². The zero-order chi connectivity index (χ0) is 9.84. The molecule has 1 aliphatic rings. The molecule has 0 fully saturated rings. The smallest absolute Gasteiger partial charge is 0.206 e. The van der Waals surface area contributed by atoms with Gasteiger partial charge in [-0.25, -0.2) is 0 Å². The summed E-state index contributed by atoms with van der Waals surface area (Å²) >= 11 is 0. The molecule has 2 N–H and O–H groups in total. The average Bonchev–Trinajstić information content (AvgIpc) is 2.16. The molecule has 0 aromatic heterocycles. The molecule has 4 nitrogen and oxygen atoms in total. The van der Waals surface area contributed by atoms with E-state index in [-0.39, 0.29) is 6.23 Å². The van der Waals surface area contributed by atoms with Crippen LogP contribution in [-0.4, -0.2) is 27.0 Å². The molecule has 0 bridgehead atoms. The molecule has 0 aromatic carbocycles. The summed E-state index contributed by atoms with van der Waals surface area (Å²) < 4.78 is 10.4. The lowest BCUT2D eigenvalue weighted by molar-refractivity contribution is 0.0628. The highest BCUT2D eigenvalue weighted by Gasteiger charge is 2.21. The molecule has 4 heteroatoms. The molecule has 1 rings (SSSR count). The maximum absolute atomic E-state index is 5.21. The zero-order valence-corrected chi connectivity index (χ0v) is 8.68. The molecule has 0 aromatic rings. The summed E-state index contributed by atoms with van der Waals surface area (Å²) in [6.45, 7) is 4.96. The number of methoxy groups -OCH3 is 2. The Morgan fingerprint density at radius 3 is 2.54 bits per heavy atom. The van der Waals surface area contributed by atoms with Crippen LogP contribution in [0.4, 0.5) is 0 Å². The highest BCUT2D eigenvalue weighted by molar-refractivity contribution is 5.11. The second-order valence-electron chi connectivity index (χ2n) is 3.35. The van der Waals surface area contributed by atoms with Crippen LogP contribution in [0.2, 0.25) is 0 Å². The Balaban J connectivity index is 2.74. The van der Waals surface area contributed by atoms with E-state index >= 15 is 0 Å². The summed E-state index contributed by atoms with van der Waals surface area (Å²) in [6, 6.07) is 0. The van der Waals surface area contributed by atoms with Gasteiger partial charge in [-0.05, 0) is 5.92 Å². The molecule has 1 heterocycles. The van der Waals surface area contributed by atoms with Crippen molar-refractivity contribution >= 4 is 0 Å². The number of hydrogen-bond donors (Lipinski definition) is 2. The van der Waals surface area contributed by atoms with E-state index in [9.17, 15) is 0 Å². The van der Waals surface area contributed by atoms with Gasteiger partial charge in [0.2, 0.25) is 5.88 Å². The maximum atomic E-state index is 5.21. The van der Waals surface area contributed by atoms with Crippen molar-refractivity contribution in [2.24, 2.45) is 5.92 Å². The predicted octanol–water partition coefficient (Wildman–Crippen LogP) is 0.623. The van der Waals surface area contributed by atoms with Crippen molar-refractivity contribution in [3.8, 4) is 0 Å². The van der Waals surface area contributed by atoms with Crippen molar-refractivity contribution in [3.05, 3.63) is 11.6 Å². The first-order valence-corrected chi connectivity index (χ1v) is 4.50. The molecule has 13 heavy (non-hydrogen) atoms. The first-order chi connectivity index (χ1) is 6.19. The van der Waals surface area contributed by atoms with Crippen LogP contribution < -0.4 is 10.6 Å². The van der Waals surface area contributed by atoms with E-state index in [0.29, 0.717) is 5.92 Å². The van der Waals surface area contributed by atoms with Crippen molar-refractivity contribution in [1.29, 1.82) is 0 Å². The number of rotatable bonds is 3. The lowest BCUT2D eigenvalue weighted by Gasteiger charge is -2.30. The Morgan fingerprint density at radius 1 is 1.38 bits per heavy atom. The minimum absolute atomic E-state index is 0.0382. The number of allylic oxidation sites excluding steroid dienone is 1. The van der Waals surface area contributed by atoms with Crippen LogP contribution >= 0.6 is 0 Å². The molecule has 0 aliphatic carbocycles. The lowest BCUT2D eigenvalue weighted by Crippen LogP contribution is -2.47. The molecule has 1 unspecified atom stereocenters. The fourth-order valence-corrected chi connectivity index (χ4v) is 1.32. The van der Waals surface area contributed by atoms with E-state index < -0.39 is 0 Å². The van der Waals surface area contributed by atoms with Gasteiger partial charge in [0.05, 0.1) is 19.4 Å². The van der Waals surface area contributed by atoms with E-state index in [1.54, 1.807) is 14.2 Å². The maximum Gasteiger partial charge on any atom is 0.206 e. The quantitative estimate of drug-likeness (QED) is 0.678. The Morgan fingerprint density at radius 2 is 2.08 bits per heavy atom. The first-order valence-electron chi connectivity index (χ1n) is 4.50. The summed E-state index contributed by atoms with van der Waals surface area (Å²) in [4.78, 5) is 0. The minimum Gasteiger partial charge on any atom is -0.481 e. The van der Waals surface area contributed by atoms with Gasteiger partial charge in [-0.2, -0.15) is 0 Å². The third-order valence-electron chi connectivity index (χ3n) is 2.08. The highest BCUT2D eigenvalue weighted by atomic mass is 16.5. The SMILES string of the molecule is COC1=C(C(C)C)NC(OC)CN1. The molecule has 1 aliphatic heterocycles. The predicted molar refractivity (Wildman–Crippen MR) is 50.8 cm³/mol. The summed E-state index contributed by atoms with van der Waals surface area (Å²) in [6.07, 6.45) is 0.0382. The van der Waals surface area contributed by atoms with Crippen molar-refractivity contribution in [3.63, 3.8) is 0 Å². The second kappa shape index (κ2) is 4.37. The molecular formula is C9H18N2O2. The Labute approximate surface area is 79.3 Å². The van der Waals surface area contributed by atoms with Gasteiger partial charge < -0.3 is 20.1 Å². The third kappa shape index (κ3) is 2.28. The van der Waals surface area contributed by atoms with Crippen LogP contribution in [0.25, 0.3) is 0 Å².